The van der Waals surface area contributed by atoms with Crippen LogP contribution in [-0.4, -0.2) is 31.5 Å². The van der Waals surface area contributed by atoms with Crippen molar-refractivity contribution in [3.63, 3.8) is 0 Å². The van der Waals surface area contributed by atoms with Gasteiger partial charge in [-0.15, -0.1) is 0 Å². The standard InChI is InChI=1S/C4H8ClNO.C3H6O/c5-4-3-6-1-2-7-4;1-2-3-4/h4,6H,1-3H2;3H,2H2,1H3. The van der Waals surface area contributed by atoms with E-state index in [9.17, 15) is 4.79 Å². The van der Waals surface area contributed by atoms with Crippen molar-refractivity contribution in [2.75, 3.05) is 19.7 Å². The minimum atomic E-state index is -0.103. The van der Waals surface area contributed by atoms with Gasteiger partial charge in [0.15, 0.2) is 0 Å². The Bertz CT molecular complexity index is 94.4. The predicted octanol–water partition coefficient (Wildman–Crippen LogP) is 0.766. The Kier molecular flexibility index (Phi) is 7.89. The number of carbonyl (C=O) groups excluding carboxylic acids is 1. The van der Waals surface area contributed by atoms with Gasteiger partial charge in [-0.25, -0.2) is 0 Å². The Morgan fingerprint density at radius 3 is 2.64 bits per heavy atom. The molecule has 3 nitrogen and oxygen atoms in total. The summed E-state index contributed by atoms with van der Waals surface area (Å²) in [6, 6.07) is 0. The Morgan fingerprint density at radius 1 is 1.82 bits per heavy atom. The van der Waals surface area contributed by atoms with Gasteiger partial charge in [0.25, 0.3) is 0 Å². The van der Waals surface area contributed by atoms with Gasteiger partial charge in [-0.3, -0.25) is 0 Å². The number of ether oxygens (including phenoxy) is 1. The van der Waals surface area contributed by atoms with Crippen LogP contribution in [0.2, 0.25) is 0 Å². The molecule has 11 heavy (non-hydrogen) atoms. The fourth-order valence-electron chi connectivity index (χ4n) is 0.533. The number of halogens is 1. The van der Waals surface area contributed by atoms with E-state index in [0.29, 0.717) is 6.42 Å². The third kappa shape index (κ3) is 7.78. The summed E-state index contributed by atoms with van der Waals surface area (Å²) < 4.78 is 4.98. The second-order valence-electron chi connectivity index (χ2n) is 2.06. The average molecular weight is 180 g/mol. The molecule has 4 heteroatoms. The molecule has 0 amide bonds. The fourth-order valence-corrected chi connectivity index (χ4v) is 0.732. The van der Waals surface area contributed by atoms with Crippen molar-refractivity contribution < 1.29 is 9.53 Å². The van der Waals surface area contributed by atoms with Crippen LogP contribution < -0.4 is 5.32 Å². The van der Waals surface area contributed by atoms with Crippen molar-refractivity contribution in [2.24, 2.45) is 0 Å². The molecule has 1 saturated heterocycles. The number of alkyl halides is 1. The van der Waals surface area contributed by atoms with Crippen LogP contribution in [0.25, 0.3) is 0 Å². The van der Waals surface area contributed by atoms with Gasteiger partial charge >= 0.3 is 0 Å². The Hall–Kier alpha value is -0.120. The van der Waals surface area contributed by atoms with E-state index in [1.54, 1.807) is 0 Å². The summed E-state index contributed by atoms with van der Waals surface area (Å²) in [6.07, 6.45) is 1.51. The van der Waals surface area contributed by atoms with Gasteiger partial charge in [0.05, 0.1) is 6.61 Å². The molecular weight excluding hydrogens is 166 g/mol. The maximum Gasteiger partial charge on any atom is 0.143 e. The molecule has 1 heterocycles. The van der Waals surface area contributed by atoms with E-state index in [0.717, 1.165) is 26.0 Å². The second kappa shape index (κ2) is 7.98. The first-order chi connectivity index (χ1) is 5.31. The normalized spacial score (nSPS) is 23.3. The van der Waals surface area contributed by atoms with Gasteiger partial charge in [0.2, 0.25) is 0 Å². The molecule has 0 aromatic rings. The number of nitrogens with one attached hydrogen (secondary N) is 1. The maximum absolute atomic E-state index is 9.17. The monoisotopic (exact) mass is 179 g/mol. The first-order valence-corrected chi connectivity index (χ1v) is 4.15. The highest BCUT2D eigenvalue weighted by Gasteiger charge is 2.07. The number of hydrogen-bond acceptors (Lipinski definition) is 3. The topological polar surface area (TPSA) is 38.3 Å². The molecule has 1 rings (SSSR count). The van der Waals surface area contributed by atoms with Crippen molar-refractivity contribution >= 4 is 17.9 Å². The lowest BCUT2D eigenvalue weighted by molar-refractivity contribution is -0.107. The van der Waals surface area contributed by atoms with Crippen LogP contribution >= 0.6 is 11.6 Å². The SMILES string of the molecule is CCC=O.ClC1CNCCO1. The number of morpholine rings is 1. The quantitative estimate of drug-likeness (QED) is 0.477. The van der Waals surface area contributed by atoms with Gasteiger partial charge < -0.3 is 14.8 Å². The van der Waals surface area contributed by atoms with E-state index in [2.05, 4.69) is 5.32 Å². The van der Waals surface area contributed by atoms with Gasteiger partial charge in [-0.1, -0.05) is 18.5 Å². The van der Waals surface area contributed by atoms with Crippen LogP contribution in [0.4, 0.5) is 0 Å². The maximum atomic E-state index is 9.17. The molecule has 66 valence electrons. The third-order valence-corrected chi connectivity index (χ3v) is 1.33. The van der Waals surface area contributed by atoms with Gasteiger partial charge in [-0.2, -0.15) is 0 Å². The van der Waals surface area contributed by atoms with Crippen LogP contribution in [0.3, 0.4) is 0 Å². The minimum Gasteiger partial charge on any atom is -0.360 e. The van der Waals surface area contributed by atoms with E-state index in [-0.39, 0.29) is 5.56 Å². The molecule has 1 N–H and O–H groups in total. The zero-order chi connectivity index (χ0) is 8.53. The molecule has 0 aromatic heterocycles. The summed E-state index contributed by atoms with van der Waals surface area (Å²) in [5, 5.41) is 3.08. The van der Waals surface area contributed by atoms with E-state index < -0.39 is 0 Å². The molecule has 0 aliphatic carbocycles. The van der Waals surface area contributed by atoms with Crippen LogP contribution in [0.15, 0.2) is 0 Å². The Balaban J connectivity index is 0.000000218. The summed E-state index contributed by atoms with van der Waals surface area (Å²) >= 11 is 5.53. The largest absolute Gasteiger partial charge is 0.360 e. The summed E-state index contributed by atoms with van der Waals surface area (Å²) in [5.41, 5.74) is -0.103. The second-order valence-corrected chi connectivity index (χ2v) is 2.55. The molecule has 0 saturated carbocycles. The highest BCUT2D eigenvalue weighted by molar-refractivity contribution is 6.19. The highest BCUT2D eigenvalue weighted by Crippen LogP contribution is 1.98. The average Bonchev–Trinajstić information content (AvgIpc) is 2.07. The molecule has 0 spiro atoms. The summed E-state index contributed by atoms with van der Waals surface area (Å²) in [7, 11) is 0. The first kappa shape index (κ1) is 10.9. The lowest BCUT2D eigenvalue weighted by Crippen LogP contribution is -2.35. The molecule has 1 aliphatic heterocycles. The lowest BCUT2D eigenvalue weighted by Gasteiger charge is -2.17. The van der Waals surface area contributed by atoms with Crippen LogP contribution in [0.5, 0.6) is 0 Å². The van der Waals surface area contributed by atoms with E-state index in [1.165, 1.54) is 0 Å². The highest BCUT2D eigenvalue weighted by atomic mass is 35.5. The van der Waals surface area contributed by atoms with Crippen molar-refractivity contribution in [2.45, 2.75) is 18.9 Å². The zero-order valence-corrected chi connectivity index (χ0v) is 7.43. The number of rotatable bonds is 1. The van der Waals surface area contributed by atoms with Gasteiger partial charge in [0, 0.05) is 19.5 Å². The molecule has 1 fully saturated rings. The fraction of sp³-hybridized carbons (Fsp3) is 0.857. The number of aldehydes is 1. The lowest BCUT2D eigenvalue weighted by atomic mass is 10.5. The molecule has 0 radical (unpaired) electrons. The Labute approximate surface area is 72.1 Å². The number of hydrogen-bond donors (Lipinski definition) is 1. The van der Waals surface area contributed by atoms with Crippen LogP contribution in [0.1, 0.15) is 13.3 Å². The van der Waals surface area contributed by atoms with Crippen LogP contribution in [0, 0.1) is 0 Å². The molecule has 1 atom stereocenters. The van der Waals surface area contributed by atoms with E-state index in [1.807, 2.05) is 6.92 Å². The third-order valence-electron chi connectivity index (χ3n) is 1.05. The summed E-state index contributed by atoms with van der Waals surface area (Å²) in [6.45, 7) is 4.27. The molecular formula is C7H14ClNO2. The molecule has 1 unspecified atom stereocenters. The van der Waals surface area contributed by atoms with E-state index in [4.69, 9.17) is 16.3 Å². The van der Waals surface area contributed by atoms with Crippen LogP contribution in [-0.2, 0) is 9.53 Å². The summed E-state index contributed by atoms with van der Waals surface area (Å²) in [4.78, 5) is 9.17. The van der Waals surface area contributed by atoms with Gasteiger partial charge in [0.1, 0.15) is 11.8 Å². The minimum absolute atomic E-state index is 0.103. The van der Waals surface area contributed by atoms with E-state index >= 15 is 0 Å². The van der Waals surface area contributed by atoms with Crippen molar-refractivity contribution in [3.05, 3.63) is 0 Å². The molecule has 1 aliphatic rings. The molecule has 0 aromatic carbocycles. The smallest absolute Gasteiger partial charge is 0.143 e. The Morgan fingerprint density at radius 2 is 2.45 bits per heavy atom. The van der Waals surface area contributed by atoms with Gasteiger partial charge in [-0.05, 0) is 0 Å². The zero-order valence-electron chi connectivity index (χ0n) is 6.68. The van der Waals surface area contributed by atoms with Crippen molar-refractivity contribution in [1.82, 2.24) is 5.32 Å². The summed E-state index contributed by atoms with van der Waals surface area (Å²) in [5.74, 6) is 0. The van der Waals surface area contributed by atoms with Crippen molar-refractivity contribution in [1.29, 1.82) is 0 Å². The number of carbonyl (C=O) groups is 1. The molecule has 0 bridgehead atoms. The van der Waals surface area contributed by atoms with Crippen molar-refractivity contribution in [3.8, 4) is 0 Å². The first-order valence-electron chi connectivity index (χ1n) is 3.71. The predicted molar refractivity (Wildman–Crippen MR) is 44.8 cm³/mol.